The van der Waals surface area contributed by atoms with E-state index in [1.807, 2.05) is 85.8 Å². The van der Waals surface area contributed by atoms with Crippen molar-refractivity contribution in [3.63, 3.8) is 0 Å². The zero-order valence-corrected chi connectivity index (χ0v) is 18.9. The summed E-state index contributed by atoms with van der Waals surface area (Å²) in [5.74, 6) is 0.258. The number of aryl methyl sites for hydroxylation is 1. The summed E-state index contributed by atoms with van der Waals surface area (Å²) in [5.41, 5.74) is 4.84. The lowest BCUT2D eigenvalue weighted by atomic mass is 10.0. The van der Waals surface area contributed by atoms with Crippen LogP contribution in [0.5, 0.6) is 0 Å². The van der Waals surface area contributed by atoms with E-state index >= 15 is 0 Å². The second kappa shape index (κ2) is 9.31. The highest BCUT2D eigenvalue weighted by molar-refractivity contribution is 6.40. The van der Waals surface area contributed by atoms with Crippen LogP contribution in [0, 0.1) is 6.92 Å². The maximum Gasteiger partial charge on any atom is 0.268 e. The van der Waals surface area contributed by atoms with Crippen LogP contribution in [0.4, 0.5) is 5.69 Å². The number of hydrazone groups is 1. The van der Waals surface area contributed by atoms with Crippen LogP contribution in [0.1, 0.15) is 35.8 Å². The average Bonchev–Trinajstić information content (AvgIpc) is 3.29. The molecule has 1 aliphatic heterocycles. The van der Waals surface area contributed by atoms with E-state index in [1.54, 1.807) is 0 Å². The molecule has 0 spiro atoms. The smallest absolute Gasteiger partial charge is 0.268 e. The molecule has 4 aromatic rings. The molecule has 5 rings (SSSR count). The molecule has 0 aliphatic carbocycles. The molecule has 1 aromatic heterocycles. The molecular weight excluding hydrogens is 426 g/mol. The normalized spacial score (nSPS) is 14.7. The number of rotatable bonds is 6. The lowest BCUT2D eigenvalue weighted by molar-refractivity contribution is -0.119. The van der Waals surface area contributed by atoms with Crippen LogP contribution in [0.15, 0.2) is 84.0 Å². The molecule has 34 heavy (non-hydrogen) atoms. The highest BCUT2D eigenvalue weighted by Gasteiger charge is 2.28. The Kier molecular flexibility index (Phi) is 5.91. The van der Waals surface area contributed by atoms with Crippen LogP contribution in [0.25, 0.3) is 11.0 Å². The van der Waals surface area contributed by atoms with E-state index in [0.717, 1.165) is 22.2 Å². The predicted molar refractivity (Wildman–Crippen MR) is 132 cm³/mol. The number of nitrogens with one attached hydrogen (secondary N) is 2. The summed E-state index contributed by atoms with van der Waals surface area (Å²) < 4.78 is 0. The van der Waals surface area contributed by atoms with Crippen LogP contribution in [0.3, 0.4) is 0 Å². The van der Waals surface area contributed by atoms with Crippen LogP contribution in [0.2, 0.25) is 0 Å². The molecule has 0 saturated carbocycles. The Hall–Kier alpha value is -4.26. The number of para-hydroxylation sites is 2. The second-order valence-corrected chi connectivity index (χ2v) is 8.45. The van der Waals surface area contributed by atoms with Gasteiger partial charge in [-0.3, -0.25) is 9.59 Å². The Balaban J connectivity index is 1.43. The van der Waals surface area contributed by atoms with E-state index in [2.05, 4.69) is 15.4 Å². The monoisotopic (exact) mass is 451 g/mol. The van der Waals surface area contributed by atoms with Gasteiger partial charge < -0.3 is 10.3 Å². The number of H-pyrrole nitrogens is 1. The molecule has 0 saturated heterocycles. The lowest BCUT2D eigenvalue weighted by Gasteiger charge is -2.24. The van der Waals surface area contributed by atoms with Gasteiger partial charge in [0.1, 0.15) is 11.5 Å². The molecule has 170 valence electrons. The molecule has 2 heterocycles. The van der Waals surface area contributed by atoms with Crippen molar-refractivity contribution in [2.75, 3.05) is 5.01 Å². The number of carbonyl (C=O) groups is 2. The fraction of sp³-hybridized carbons (Fsp3) is 0.185. The van der Waals surface area contributed by atoms with Gasteiger partial charge in [0.2, 0.25) is 5.91 Å². The summed E-state index contributed by atoms with van der Waals surface area (Å²) >= 11 is 0. The Morgan fingerprint density at radius 1 is 1.03 bits per heavy atom. The number of aromatic nitrogens is 2. The minimum atomic E-state index is -0.380. The van der Waals surface area contributed by atoms with Gasteiger partial charge in [-0.05, 0) is 48.7 Å². The number of hydrogen-bond donors (Lipinski definition) is 2. The van der Waals surface area contributed by atoms with Crippen LogP contribution in [-0.2, 0) is 16.0 Å². The van der Waals surface area contributed by atoms with Gasteiger partial charge in [0, 0.05) is 12.8 Å². The first-order valence-electron chi connectivity index (χ1n) is 11.3. The maximum atomic E-state index is 13.3. The molecule has 1 atom stereocenters. The van der Waals surface area contributed by atoms with Crippen molar-refractivity contribution in [1.29, 1.82) is 0 Å². The second-order valence-electron chi connectivity index (χ2n) is 8.45. The number of carbonyl (C=O) groups excluding carboxylic acids is 2. The van der Waals surface area contributed by atoms with E-state index in [1.165, 1.54) is 5.01 Å². The van der Waals surface area contributed by atoms with Crippen molar-refractivity contribution in [2.24, 2.45) is 5.10 Å². The minimum Gasteiger partial charge on any atom is -0.341 e. The molecule has 0 fully saturated rings. The van der Waals surface area contributed by atoms with Crippen molar-refractivity contribution >= 4 is 34.2 Å². The number of fused-ring (bicyclic) bond motifs is 1. The van der Waals surface area contributed by atoms with Gasteiger partial charge in [0.15, 0.2) is 0 Å². The lowest BCUT2D eigenvalue weighted by Crippen LogP contribution is -2.41. The summed E-state index contributed by atoms with van der Waals surface area (Å²) in [7, 11) is 0. The SMILES string of the molecule is Cc1cccc(N2N=C(C(=O)N[C@@H](Cc3ccccc3)c3nc4ccccc4[nH]3)CCC2=O)c1. The van der Waals surface area contributed by atoms with E-state index < -0.39 is 0 Å². The van der Waals surface area contributed by atoms with Crippen molar-refractivity contribution in [3.8, 4) is 0 Å². The number of imidazole rings is 1. The molecule has 2 N–H and O–H groups in total. The molecule has 7 nitrogen and oxygen atoms in total. The van der Waals surface area contributed by atoms with Crippen molar-refractivity contribution in [2.45, 2.75) is 32.2 Å². The fourth-order valence-corrected chi connectivity index (χ4v) is 4.12. The van der Waals surface area contributed by atoms with Gasteiger partial charge >= 0.3 is 0 Å². The Bertz CT molecular complexity index is 1340. The Morgan fingerprint density at radius 2 is 1.82 bits per heavy atom. The minimum absolute atomic E-state index is 0.125. The molecule has 0 radical (unpaired) electrons. The van der Waals surface area contributed by atoms with Crippen molar-refractivity contribution in [1.82, 2.24) is 15.3 Å². The van der Waals surface area contributed by atoms with E-state index in [9.17, 15) is 9.59 Å². The van der Waals surface area contributed by atoms with Crippen LogP contribution < -0.4 is 10.3 Å². The molecular formula is C27H25N5O2. The fourth-order valence-electron chi connectivity index (χ4n) is 4.12. The third kappa shape index (κ3) is 4.59. The van der Waals surface area contributed by atoms with E-state index in [0.29, 0.717) is 30.1 Å². The van der Waals surface area contributed by atoms with E-state index in [-0.39, 0.29) is 24.3 Å². The topological polar surface area (TPSA) is 90.4 Å². The molecule has 0 bridgehead atoms. The van der Waals surface area contributed by atoms with Crippen LogP contribution >= 0.6 is 0 Å². The largest absolute Gasteiger partial charge is 0.341 e. The molecule has 1 aliphatic rings. The van der Waals surface area contributed by atoms with Gasteiger partial charge in [0.05, 0.1) is 22.8 Å². The highest BCUT2D eigenvalue weighted by Crippen LogP contribution is 2.23. The molecule has 2 amide bonds. The van der Waals surface area contributed by atoms with Gasteiger partial charge in [-0.15, -0.1) is 0 Å². The summed E-state index contributed by atoms with van der Waals surface area (Å²) in [6, 6.07) is 24.9. The number of nitrogens with zero attached hydrogens (tertiary/aromatic N) is 3. The van der Waals surface area contributed by atoms with E-state index in [4.69, 9.17) is 4.98 Å². The number of anilines is 1. The quantitative estimate of drug-likeness (QED) is 0.454. The molecule has 0 unspecified atom stereocenters. The summed E-state index contributed by atoms with van der Waals surface area (Å²) in [4.78, 5) is 33.9. The summed E-state index contributed by atoms with van der Waals surface area (Å²) in [5, 5.41) is 8.87. The first-order valence-corrected chi connectivity index (χ1v) is 11.3. The highest BCUT2D eigenvalue weighted by atomic mass is 16.2. The van der Waals surface area contributed by atoms with Gasteiger partial charge in [-0.25, -0.2) is 9.99 Å². The Labute approximate surface area is 197 Å². The average molecular weight is 452 g/mol. The number of benzene rings is 3. The van der Waals surface area contributed by atoms with Gasteiger partial charge in [0.25, 0.3) is 5.91 Å². The Morgan fingerprint density at radius 3 is 2.62 bits per heavy atom. The standard InChI is InChI=1S/C27H25N5O2/c1-18-8-7-11-20(16-18)32-25(33)15-14-23(31-32)27(34)30-24(17-19-9-3-2-4-10-19)26-28-21-12-5-6-13-22(21)29-26/h2-13,16,24H,14-15,17H2,1H3,(H,28,29)(H,30,34)/t24-/m0/s1. The zero-order valence-electron chi connectivity index (χ0n) is 18.9. The first kappa shape index (κ1) is 21.6. The third-order valence-corrected chi connectivity index (χ3v) is 5.87. The van der Waals surface area contributed by atoms with Gasteiger partial charge in [-0.1, -0.05) is 54.6 Å². The molecule has 3 aromatic carbocycles. The first-order chi connectivity index (χ1) is 16.6. The van der Waals surface area contributed by atoms with Gasteiger partial charge in [-0.2, -0.15) is 5.10 Å². The van der Waals surface area contributed by atoms with Crippen molar-refractivity contribution < 1.29 is 9.59 Å². The van der Waals surface area contributed by atoms with Crippen LogP contribution in [-0.4, -0.2) is 27.5 Å². The summed E-state index contributed by atoms with van der Waals surface area (Å²) in [6.45, 7) is 1.96. The predicted octanol–water partition coefficient (Wildman–Crippen LogP) is 4.45. The number of hydrogen-bond acceptors (Lipinski definition) is 4. The zero-order chi connectivity index (χ0) is 23.5. The third-order valence-electron chi connectivity index (χ3n) is 5.87. The maximum absolute atomic E-state index is 13.3. The number of aromatic amines is 1. The van der Waals surface area contributed by atoms with Crippen molar-refractivity contribution in [3.05, 3.63) is 95.8 Å². The molecule has 7 heteroatoms. The summed E-state index contributed by atoms with van der Waals surface area (Å²) in [6.07, 6.45) is 1.10. The number of amides is 2.